The van der Waals surface area contributed by atoms with Gasteiger partial charge in [-0.15, -0.1) is 23.5 Å². The molecular weight excluding hydrogens is 280 g/mol. The third-order valence-corrected chi connectivity index (χ3v) is 5.58. The lowest BCUT2D eigenvalue weighted by molar-refractivity contribution is 0.696. The van der Waals surface area contributed by atoms with Gasteiger partial charge in [-0.2, -0.15) is 0 Å². The molecule has 0 N–H and O–H groups in total. The molecule has 0 amide bonds. The summed E-state index contributed by atoms with van der Waals surface area (Å²) in [6.07, 6.45) is 3.06. The van der Waals surface area contributed by atoms with Crippen LogP contribution in [0.2, 0.25) is 0 Å². The molecule has 2 aromatic carbocycles. The van der Waals surface area contributed by atoms with Crippen LogP contribution in [0.5, 0.6) is 0 Å². The summed E-state index contributed by atoms with van der Waals surface area (Å²) in [5.41, 5.74) is 0. The van der Waals surface area contributed by atoms with E-state index in [1.165, 1.54) is 9.79 Å². The number of thioether (sulfide) groups is 2. The van der Waals surface area contributed by atoms with E-state index < -0.39 is 0 Å². The molecule has 0 radical (unpaired) electrons. The first-order valence-corrected chi connectivity index (χ1v) is 8.89. The molecule has 0 aliphatic heterocycles. The predicted molar refractivity (Wildman–Crippen MR) is 92.5 cm³/mol. The van der Waals surface area contributed by atoms with Gasteiger partial charge in [0.15, 0.2) is 0 Å². The molecule has 106 valence electrons. The molecule has 0 heterocycles. The molecule has 1 atom stereocenters. The van der Waals surface area contributed by atoms with Crippen molar-refractivity contribution in [1.82, 2.24) is 0 Å². The fourth-order valence-corrected chi connectivity index (χ4v) is 4.50. The lowest BCUT2D eigenvalue weighted by Gasteiger charge is -2.16. The predicted octanol–water partition coefficient (Wildman–Crippen LogP) is 6.48. The van der Waals surface area contributed by atoms with Gasteiger partial charge in [0.2, 0.25) is 0 Å². The number of rotatable bonds is 8. The first-order valence-electron chi connectivity index (χ1n) is 7.71. The highest BCUT2D eigenvalue weighted by Gasteiger charge is 2.11. The van der Waals surface area contributed by atoms with Crippen molar-refractivity contribution < 1.29 is 1.37 Å². The molecule has 0 unspecified atom stereocenters. The highest BCUT2D eigenvalue weighted by atomic mass is 32.2. The molecule has 0 spiro atoms. The Kier molecular flexibility index (Phi) is 6.44. The molecule has 0 saturated carbocycles. The molecule has 2 aromatic rings. The Bertz CT molecular complexity index is 460. The van der Waals surface area contributed by atoms with E-state index in [-0.39, 0.29) is 6.40 Å². The van der Waals surface area contributed by atoms with Crippen molar-refractivity contribution in [2.75, 3.05) is 0 Å². The summed E-state index contributed by atoms with van der Waals surface area (Å²) in [5, 5.41) is 0. The van der Waals surface area contributed by atoms with E-state index in [4.69, 9.17) is 1.37 Å². The Balaban J connectivity index is 1.99. The maximum absolute atomic E-state index is 7.95. The van der Waals surface area contributed by atoms with Crippen LogP contribution < -0.4 is 0 Å². The van der Waals surface area contributed by atoms with E-state index in [1.807, 2.05) is 23.5 Å². The van der Waals surface area contributed by atoms with Gasteiger partial charge >= 0.3 is 0 Å². The van der Waals surface area contributed by atoms with Crippen LogP contribution in [0.3, 0.4) is 0 Å². The largest absolute Gasteiger partial charge is 0.111 e. The normalized spacial score (nSPS) is 13.2. The lowest BCUT2D eigenvalue weighted by atomic mass is 10.2. The lowest BCUT2D eigenvalue weighted by Crippen LogP contribution is -1.97. The van der Waals surface area contributed by atoms with Gasteiger partial charge in [0, 0.05) is 11.2 Å². The molecular formula is C18H22S2. The SMILES string of the molecule is [2H][C@@H](CC)CCC(Sc1ccccc1)Sc1ccccc1. The van der Waals surface area contributed by atoms with Crippen molar-refractivity contribution in [2.45, 2.75) is 47.0 Å². The van der Waals surface area contributed by atoms with Crippen LogP contribution in [-0.4, -0.2) is 4.58 Å². The second kappa shape index (κ2) is 9.15. The molecule has 0 aliphatic carbocycles. The minimum atomic E-state index is 0.0697. The van der Waals surface area contributed by atoms with Crippen LogP contribution in [0.25, 0.3) is 0 Å². The first kappa shape index (κ1) is 14.1. The van der Waals surface area contributed by atoms with Gasteiger partial charge in [0.05, 0.1) is 4.58 Å². The van der Waals surface area contributed by atoms with Gasteiger partial charge in [-0.25, -0.2) is 0 Å². The second-order valence-electron chi connectivity index (χ2n) is 4.57. The van der Waals surface area contributed by atoms with E-state index in [2.05, 4.69) is 67.6 Å². The van der Waals surface area contributed by atoms with Gasteiger partial charge in [-0.05, 0) is 30.7 Å². The topological polar surface area (TPSA) is 0 Å². The van der Waals surface area contributed by atoms with Crippen molar-refractivity contribution in [2.24, 2.45) is 0 Å². The highest BCUT2D eigenvalue weighted by molar-refractivity contribution is 8.17. The summed E-state index contributed by atoms with van der Waals surface area (Å²) in [7, 11) is 0. The molecule has 0 saturated heterocycles. The van der Waals surface area contributed by atoms with Crippen molar-refractivity contribution in [3.63, 3.8) is 0 Å². The zero-order chi connectivity index (χ0) is 14.9. The standard InChI is InChI=1S/C18H22S2/c1-2-3-6-15-18(19-16-11-7-4-8-12-16)20-17-13-9-5-10-14-17/h4-5,7-14,18H,2-3,6,15H2,1H3/i3D/t3-/m0/s1. The molecule has 20 heavy (non-hydrogen) atoms. The van der Waals surface area contributed by atoms with Gasteiger partial charge in [0.1, 0.15) is 0 Å². The molecule has 0 fully saturated rings. The number of hydrogen-bond donors (Lipinski definition) is 0. The first-order chi connectivity index (χ1) is 10.3. The van der Waals surface area contributed by atoms with Gasteiger partial charge in [-0.1, -0.05) is 62.6 Å². The van der Waals surface area contributed by atoms with Gasteiger partial charge in [-0.3, -0.25) is 0 Å². The quantitative estimate of drug-likeness (QED) is 0.404. The van der Waals surface area contributed by atoms with E-state index in [1.54, 1.807) is 0 Å². The molecule has 0 aromatic heterocycles. The minimum absolute atomic E-state index is 0.0697. The fraction of sp³-hybridized carbons (Fsp3) is 0.333. The van der Waals surface area contributed by atoms with Crippen LogP contribution in [0.15, 0.2) is 70.5 Å². The molecule has 0 aliphatic rings. The van der Waals surface area contributed by atoms with Crippen molar-refractivity contribution in [1.29, 1.82) is 0 Å². The molecule has 2 heteroatoms. The second-order valence-corrected chi connectivity index (χ2v) is 7.42. The fourth-order valence-electron chi connectivity index (χ4n) is 1.90. The summed E-state index contributed by atoms with van der Waals surface area (Å²) in [5.74, 6) is 0. The van der Waals surface area contributed by atoms with E-state index in [0.29, 0.717) is 4.58 Å². The monoisotopic (exact) mass is 303 g/mol. The van der Waals surface area contributed by atoms with Crippen LogP contribution in [0.1, 0.15) is 34.0 Å². The maximum Gasteiger partial charge on any atom is 0.0596 e. The van der Waals surface area contributed by atoms with Crippen LogP contribution in [0.4, 0.5) is 0 Å². The van der Waals surface area contributed by atoms with Crippen molar-refractivity contribution >= 4 is 23.5 Å². The zero-order valence-corrected chi connectivity index (χ0v) is 13.5. The summed E-state index contributed by atoms with van der Waals surface area (Å²) in [4.78, 5) is 2.62. The number of benzene rings is 2. The third kappa shape index (κ3) is 5.64. The maximum atomic E-state index is 7.95. The van der Waals surface area contributed by atoms with Gasteiger partial charge in [0.25, 0.3) is 0 Å². The molecule has 0 nitrogen and oxygen atoms in total. The molecule has 0 bridgehead atoms. The van der Waals surface area contributed by atoms with E-state index in [0.717, 1.165) is 19.3 Å². The Morgan fingerprint density at radius 2 is 1.40 bits per heavy atom. The van der Waals surface area contributed by atoms with Crippen LogP contribution in [0, 0.1) is 0 Å². The minimum Gasteiger partial charge on any atom is -0.111 e. The zero-order valence-electron chi connectivity index (χ0n) is 12.9. The third-order valence-electron chi connectivity index (χ3n) is 2.92. The average Bonchev–Trinajstić information content (AvgIpc) is 2.54. The highest BCUT2D eigenvalue weighted by Crippen LogP contribution is 2.38. The van der Waals surface area contributed by atoms with E-state index >= 15 is 0 Å². The Labute approximate surface area is 132 Å². The van der Waals surface area contributed by atoms with Crippen molar-refractivity contribution in [3.05, 3.63) is 60.7 Å². The smallest absolute Gasteiger partial charge is 0.0596 e. The number of hydrogen-bond acceptors (Lipinski definition) is 2. The average molecular weight is 304 g/mol. The summed E-state index contributed by atoms with van der Waals surface area (Å²) >= 11 is 3.83. The van der Waals surface area contributed by atoms with E-state index in [9.17, 15) is 0 Å². The van der Waals surface area contributed by atoms with Crippen LogP contribution >= 0.6 is 23.5 Å². The van der Waals surface area contributed by atoms with Crippen molar-refractivity contribution in [3.8, 4) is 0 Å². The summed E-state index contributed by atoms with van der Waals surface area (Å²) in [6.45, 7) is 2.10. The van der Waals surface area contributed by atoms with Crippen LogP contribution in [-0.2, 0) is 0 Å². The summed E-state index contributed by atoms with van der Waals surface area (Å²) < 4.78 is 8.42. The summed E-state index contributed by atoms with van der Waals surface area (Å²) in [6, 6.07) is 21.1. The van der Waals surface area contributed by atoms with Gasteiger partial charge < -0.3 is 0 Å². The molecule has 2 rings (SSSR count). The Hall–Kier alpha value is -0.860. The Morgan fingerprint density at radius 1 is 0.900 bits per heavy atom. The Morgan fingerprint density at radius 3 is 1.85 bits per heavy atom.